The van der Waals surface area contributed by atoms with E-state index in [0.717, 1.165) is 37.7 Å². The molecule has 0 spiro atoms. The molecule has 28 heavy (non-hydrogen) atoms. The van der Waals surface area contributed by atoms with Crippen LogP contribution in [0.2, 0.25) is 0 Å². The van der Waals surface area contributed by atoms with E-state index in [4.69, 9.17) is 0 Å². The number of aromatic amines is 1. The first-order valence-corrected chi connectivity index (χ1v) is 9.13. The highest BCUT2D eigenvalue weighted by Gasteiger charge is 2.23. The van der Waals surface area contributed by atoms with Gasteiger partial charge in [-0.2, -0.15) is 0 Å². The molecule has 1 saturated heterocycles. The van der Waals surface area contributed by atoms with Crippen LogP contribution in [-0.2, 0) is 6.54 Å². The molecular weight excluding hydrogens is 364 g/mol. The van der Waals surface area contributed by atoms with Crippen LogP contribution in [0, 0.1) is 11.6 Å². The van der Waals surface area contributed by atoms with Gasteiger partial charge in [0.05, 0.1) is 11.9 Å². The van der Waals surface area contributed by atoms with Gasteiger partial charge in [0.2, 0.25) is 0 Å². The molecule has 3 heterocycles. The Morgan fingerprint density at radius 3 is 2.75 bits per heavy atom. The second kappa shape index (κ2) is 7.93. The van der Waals surface area contributed by atoms with Crippen LogP contribution in [-0.4, -0.2) is 37.9 Å². The highest BCUT2D eigenvalue weighted by atomic mass is 19.2. The molecule has 0 atom stereocenters. The molecule has 4 rings (SSSR count). The quantitative estimate of drug-likeness (QED) is 0.750. The van der Waals surface area contributed by atoms with E-state index in [1.54, 1.807) is 24.7 Å². The Hall–Kier alpha value is -3.00. The molecular formula is C20H19F2N5O. The Bertz CT molecular complexity index is 1020. The van der Waals surface area contributed by atoms with Gasteiger partial charge in [0, 0.05) is 36.5 Å². The number of rotatable bonds is 4. The van der Waals surface area contributed by atoms with Crippen molar-refractivity contribution in [2.45, 2.75) is 25.3 Å². The van der Waals surface area contributed by atoms with Gasteiger partial charge in [0.1, 0.15) is 5.69 Å². The molecule has 0 aliphatic carbocycles. The van der Waals surface area contributed by atoms with Crippen LogP contribution in [0.15, 0.2) is 47.7 Å². The smallest absolute Gasteiger partial charge is 0.251 e. The molecule has 3 aromatic rings. The fourth-order valence-corrected chi connectivity index (χ4v) is 3.53. The number of hydrogen-bond acceptors (Lipinski definition) is 5. The maximum Gasteiger partial charge on any atom is 0.251 e. The Morgan fingerprint density at radius 2 is 2.00 bits per heavy atom. The summed E-state index contributed by atoms with van der Waals surface area (Å²) in [7, 11) is 0. The summed E-state index contributed by atoms with van der Waals surface area (Å²) < 4.78 is 27.3. The lowest BCUT2D eigenvalue weighted by atomic mass is 9.93. The third-order valence-corrected chi connectivity index (χ3v) is 5.00. The van der Waals surface area contributed by atoms with Gasteiger partial charge in [-0.1, -0.05) is 12.1 Å². The van der Waals surface area contributed by atoms with Gasteiger partial charge in [-0.3, -0.25) is 14.7 Å². The Labute approximate surface area is 160 Å². The predicted molar refractivity (Wildman–Crippen MR) is 99.5 cm³/mol. The summed E-state index contributed by atoms with van der Waals surface area (Å²) in [4.78, 5) is 29.6. The van der Waals surface area contributed by atoms with Gasteiger partial charge in [-0.05, 0) is 32.0 Å². The third-order valence-electron chi connectivity index (χ3n) is 5.00. The fraction of sp³-hybridized carbons (Fsp3) is 0.300. The highest BCUT2D eigenvalue weighted by molar-refractivity contribution is 5.46. The predicted octanol–water partition coefficient (Wildman–Crippen LogP) is 2.88. The molecule has 1 fully saturated rings. The van der Waals surface area contributed by atoms with Crippen LogP contribution < -0.4 is 5.56 Å². The van der Waals surface area contributed by atoms with E-state index in [0.29, 0.717) is 23.6 Å². The lowest BCUT2D eigenvalue weighted by molar-refractivity contribution is 0.200. The van der Waals surface area contributed by atoms with Gasteiger partial charge < -0.3 is 4.98 Å². The minimum absolute atomic E-state index is 0.131. The van der Waals surface area contributed by atoms with Crippen molar-refractivity contribution in [3.8, 4) is 11.5 Å². The van der Waals surface area contributed by atoms with Crippen molar-refractivity contribution >= 4 is 0 Å². The summed E-state index contributed by atoms with van der Waals surface area (Å²) in [5.74, 6) is -1.07. The summed E-state index contributed by atoms with van der Waals surface area (Å²) >= 11 is 0. The van der Waals surface area contributed by atoms with Crippen molar-refractivity contribution in [2.24, 2.45) is 0 Å². The van der Waals surface area contributed by atoms with Gasteiger partial charge in [0.15, 0.2) is 17.5 Å². The zero-order valence-corrected chi connectivity index (χ0v) is 15.1. The average molecular weight is 383 g/mol. The number of hydrogen-bond donors (Lipinski definition) is 1. The number of nitrogens with one attached hydrogen (secondary N) is 1. The second-order valence-corrected chi connectivity index (χ2v) is 6.87. The van der Waals surface area contributed by atoms with Crippen LogP contribution >= 0.6 is 0 Å². The fourth-order valence-electron chi connectivity index (χ4n) is 3.53. The van der Waals surface area contributed by atoms with Crippen molar-refractivity contribution in [3.63, 3.8) is 0 Å². The first-order chi connectivity index (χ1) is 13.6. The molecule has 6 nitrogen and oxygen atoms in total. The van der Waals surface area contributed by atoms with Crippen molar-refractivity contribution in [3.05, 3.63) is 76.1 Å². The van der Waals surface area contributed by atoms with Crippen molar-refractivity contribution in [2.75, 3.05) is 13.1 Å². The Morgan fingerprint density at radius 1 is 1.18 bits per heavy atom. The van der Waals surface area contributed by atoms with Gasteiger partial charge in [0.25, 0.3) is 5.56 Å². The molecule has 2 aromatic heterocycles. The van der Waals surface area contributed by atoms with Crippen molar-refractivity contribution in [1.29, 1.82) is 0 Å². The molecule has 144 valence electrons. The SMILES string of the molecule is O=c1cc(C2CCN(Cc3cccc(F)c3F)CC2)nc(-c2cnccn2)[nH]1. The monoisotopic (exact) mass is 383 g/mol. The summed E-state index contributed by atoms with van der Waals surface area (Å²) in [6.07, 6.45) is 6.23. The van der Waals surface area contributed by atoms with E-state index in [-0.39, 0.29) is 11.5 Å². The molecule has 0 radical (unpaired) electrons. The maximum absolute atomic E-state index is 13.9. The maximum atomic E-state index is 13.9. The Balaban J connectivity index is 1.46. The zero-order chi connectivity index (χ0) is 19.5. The number of aromatic nitrogens is 4. The topological polar surface area (TPSA) is 74.8 Å². The average Bonchev–Trinajstić information content (AvgIpc) is 2.72. The normalized spacial score (nSPS) is 15.6. The van der Waals surface area contributed by atoms with Crippen LogP contribution in [0.3, 0.4) is 0 Å². The second-order valence-electron chi connectivity index (χ2n) is 6.87. The third kappa shape index (κ3) is 3.96. The molecule has 1 aliphatic rings. The summed E-state index contributed by atoms with van der Waals surface area (Å²) in [6.45, 7) is 1.80. The highest BCUT2D eigenvalue weighted by Crippen LogP contribution is 2.28. The molecule has 0 saturated carbocycles. The summed E-state index contributed by atoms with van der Waals surface area (Å²) in [5.41, 5.74) is 1.37. The number of likely N-dealkylation sites (tertiary alicyclic amines) is 1. The molecule has 1 aliphatic heterocycles. The molecule has 8 heteroatoms. The summed E-state index contributed by atoms with van der Waals surface area (Å²) in [5, 5.41) is 0. The van der Waals surface area contributed by atoms with Crippen LogP contribution in [0.5, 0.6) is 0 Å². The standard InChI is InChI=1S/C20H19F2N5O/c21-15-3-1-2-14(19(15)22)12-27-8-4-13(5-9-27)16-10-18(28)26-20(25-16)17-11-23-6-7-24-17/h1-3,6-7,10-11,13H,4-5,8-9,12H2,(H,25,26,28). The van der Waals surface area contributed by atoms with E-state index in [9.17, 15) is 13.6 Å². The number of nitrogens with zero attached hydrogens (tertiary/aromatic N) is 4. The molecule has 1 aromatic carbocycles. The van der Waals surface area contributed by atoms with Gasteiger partial charge in [-0.15, -0.1) is 0 Å². The van der Waals surface area contributed by atoms with E-state index < -0.39 is 11.6 Å². The van der Waals surface area contributed by atoms with Gasteiger partial charge in [-0.25, -0.2) is 18.7 Å². The zero-order valence-electron chi connectivity index (χ0n) is 15.1. The minimum Gasteiger partial charge on any atom is -0.305 e. The lowest BCUT2D eigenvalue weighted by Gasteiger charge is -2.31. The number of piperidine rings is 1. The number of H-pyrrole nitrogens is 1. The van der Waals surface area contributed by atoms with E-state index in [2.05, 4.69) is 24.8 Å². The van der Waals surface area contributed by atoms with Crippen LogP contribution in [0.25, 0.3) is 11.5 Å². The van der Waals surface area contributed by atoms with E-state index in [1.807, 2.05) is 0 Å². The van der Waals surface area contributed by atoms with Crippen molar-refractivity contribution < 1.29 is 8.78 Å². The minimum atomic E-state index is -0.823. The van der Waals surface area contributed by atoms with Crippen molar-refractivity contribution in [1.82, 2.24) is 24.8 Å². The number of halogens is 2. The first kappa shape index (κ1) is 18.4. The summed E-state index contributed by atoms with van der Waals surface area (Å²) in [6, 6.07) is 5.77. The Kier molecular flexibility index (Phi) is 5.21. The number of benzene rings is 1. The molecule has 0 amide bonds. The van der Waals surface area contributed by atoms with Crippen LogP contribution in [0.4, 0.5) is 8.78 Å². The molecule has 0 bridgehead atoms. The van der Waals surface area contributed by atoms with E-state index >= 15 is 0 Å². The molecule has 1 N–H and O–H groups in total. The molecule has 0 unspecified atom stereocenters. The van der Waals surface area contributed by atoms with E-state index in [1.165, 1.54) is 12.1 Å². The van der Waals surface area contributed by atoms with Gasteiger partial charge >= 0.3 is 0 Å². The van der Waals surface area contributed by atoms with Crippen LogP contribution in [0.1, 0.15) is 30.0 Å². The largest absolute Gasteiger partial charge is 0.305 e. The first-order valence-electron chi connectivity index (χ1n) is 9.13. The lowest BCUT2D eigenvalue weighted by Crippen LogP contribution is -2.33.